The molecule has 0 radical (unpaired) electrons. The Balaban J connectivity index is 1.96. The largest absolute Gasteiger partial charge is 0.330 e. The maximum atomic E-state index is 6.07. The Bertz CT molecular complexity index is 282. The molecule has 1 saturated carbocycles. The van der Waals surface area contributed by atoms with Gasteiger partial charge in [-0.15, -0.1) is 0 Å². The van der Waals surface area contributed by atoms with Crippen molar-refractivity contribution in [3.8, 4) is 0 Å². The van der Waals surface area contributed by atoms with Gasteiger partial charge in [0.2, 0.25) is 0 Å². The first-order chi connectivity index (χ1) is 10.3. The van der Waals surface area contributed by atoms with E-state index in [4.69, 9.17) is 5.73 Å². The first-order valence-corrected chi connectivity index (χ1v) is 9.48. The highest BCUT2D eigenvalue weighted by molar-refractivity contribution is 4.88. The van der Waals surface area contributed by atoms with E-state index in [1.165, 1.54) is 77.5 Å². The SMILES string of the molecule is CCCN1CCCC(N(CC)C2CCCCC2CN)CC1. The van der Waals surface area contributed by atoms with Gasteiger partial charge >= 0.3 is 0 Å². The highest BCUT2D eigenvalue weighted by Gasteiger charge is 2.33. The number of likely N-dealkylation sites (tertiary alicyclic amines) is 1. The van der Waals surface area contributed by atoms with Crippen LogP contribution in [-0.4, -0.2) is 54.6 Å². The van der Waals surface area contributed by atoms with Crippen molar-refractivity contribution in [2.45, 2.75) is 77.3 Å². The van der Waals surface area contributed by atoms with Crippen LogP contribution in [0.25, 0.3) is 0 Å². The third-order valence-electron chi connectivity index (χ3n) is 5.76. The van der Waals surface area contributed by atoms with Crippen LogP contribution in [0.3, 0.4) is 0 Å². The molecule has 0 spiro atoms. The molecule has 2 N–H and O–H groups in total. The highest BCUT2D eigenvalue weighted by Crippen LogP contribution is 2.31. The van der Waals surface area contributed by atoms with E-state index in [1.54, 1.807) is 0 Å². The Kier molecular flexibility index (Phi) is 7.48. The van der Waals surface area contributed by atoms with E-state index in [0.29, 0.717) is 0 Å². The number of nitrogens with two attached hydrogens (primary N) is 1. The zero-order chi connectivity index (χ0) is 15.1. The topological polar surface area (TPSA) is 32.5 Å². The molecule has 2 rings (SSSR count). The van der Waals surface area contributed by atoms with E-state index in [0.717, 1.165) is 24.5 Å². The first kappa shape index (κ1) is 17.2. The molecule has 2 fully saturated rings. The Morgan fingerprint density at radius 2 is 1.81 bits per heavy atom. The van der Waals surface area contributed by atoms with E-state index in [2.05, 4.69) is 23.6 Å². The molecular formula is C18H37N3. The smallest absolute Gasteiger partial charge is 0.0138 e. The van der Waals surface area contributed by atoms with Gasteiger partial charge < -0.3 is 10.6 Å². The van der Waals surface area contributed by atoms with Crippen molar-refractivity contribution < 1.29 is 0 Å². The molecule has 1 saturated heterocycles. The van der Waals surface area contributed by atoms with Crippen molar-refractivity contribution in [3.63, 3.8) is 0 Å². The Labute approximate surface area is 132 Å². The predicted octanol–water partition coefficient (Wildman–Crippen LogP) is 3.09. The van der Waals surface area contributed by atoms with Crippen LogP contribution in [-0.2, 0) is 0 Å². The summed E-state index contributed by atoms with van der Waals surface area (Å²) in [5.41, 5.74) is 6.07. The zero-order valence-corrected chi connectivity index (χ0v) is 14.4. The molecule has 0 bridgehead atoms. The molecule has 0 aromatic carbocycles. The first-order valence-electron chi connectivity index (χ1n) is 9.48. The third kappa shape index (κ3) is 4.67. The monoisotopic (exact) mass is 295 g/mol. The minimum atomic E-state index is 0.744. The second-order valence-electron chi connectivity index (χ2n) is 7.10. The van der Waals surface area contributed by atoms with Gasteiger partial charge in [0.1, 0.15) is 0 Å². The number of nitrogens with zero attached hydrogens (tertiary/aromatic N) is 2. The fraction of sp³-hybridized carbons (Fsp3) is 1.00. The van der Waals surface area contributed by atoms with Crippen LogP contribution in [0.4, 0.5) is 0 Å². The van der Waals surface area contributed by atoms with Gasteiger partial charge in [0.15, 0.2) is 0 Å². The molecule has 1 aliphatic heterocycles. The fourth-order valence-corrected chi connectivity index (χ4v) is 4.67. The van der Waals surface area contributed by atoms with Gasteiger partial charge in [-0.3, -0.25) is 4.90 Å². The van der Waals surface area contributed by atoms with E-state index < -0.39 is 0 Å². The molecule has 0 aromatic heterocycles. The third-order valence-corrected chi connectivity index (χ3v) is 5.76. The van der Waals surface area contributed by atoms with Crippen molar-refractivity contribution in [1.29, 1.82) is 0 Å². The number of hydrogen-bond acceptors (Lipinski definition) is 3. The maximum Gasteiger partial charge on any atom is 0.0138 e. The lowest BCUT2D eigenvalue weighted by atomic mass is 9.82. The Morgan fingerprint density at radius 1 is 1.00 bits per heavy atom. The minimum absolute atomic E-state index is 0.744. The summed E-state index contributed by atoms with van der Waals surface area (Å²) >= 11 is 0. The summed E-state index contributed by atoms with van der Waals surface area (Å²) in [7, 11) is 0. The lowest BCUT2D eigenvalue weighted by molar-refractivity contribution is 0.0633. The van der Waals surface area contributed by atoms with Crippen LogP contribution in [0.5, 0.6) is 0 Å². The Morgan fingerprint density at radius 3 is 2.52 bits per heavy atom. The van der Waals surface area contributed by atoms with Gasteiger partial charge in [-0.25, -0.2) is 0 Å². The van der Waals surface area contributed by atoms with Crippen molar-refractivity contribution in [2.24, 2.45) is 11.7 Å². The lowest BCUT2D eigenvalue weighted by Crippen LogP contribution is -2.50. The minimum Gasteiger partial charge on any atom is -0.330 e. The summed E-state index contributed by atoms with van der Waals surface area (Å²) in [6.07, 6.45) is 11.0. The van der Waals surface area contributed by atoms with Gasteiger partial charge in [-0.1, -0.05) is 26.7 Å². The standard InChI is InChI=1S/C18H37N3/c1-3-12-20-13-7-9-17(11-14-20)21(4-2)18-10-6-5-8-16(18)15-19/h16-18H,3-15,19H2,1-2H3. The second kappa shape index (κ2) is 9.12. The molecule has 3 atom stereocenters. The summed E-state index contributed by atoms with van der Waals surface area (Å²) in [6, 6.07) is 1.56. The van der Waals surface area contributed by atoms with Gasteiger partial charge in [0.25, 0.3) is 0 Å². The van der Waals surface area contributed by atoms with Gasteiger partial charge in [-0.2, -0.15) is 0 Å². The predicted molar refractivity (Wildman–Crippen MR) is 91.6 cm³/mol. The summed E-state index contributed by atoms with van der Waals surface area (Å²) in [4.78, 5) is 5.52. The van der Waals surface area contributed by atoms with Crippen LogP contribution in [0.2, 0.25) is 0 Å². The van der Waals surface area contributed by atoms with Crippen LogP contribution < -0.4 is 5.73 Å². The lowest BCUT2D eigenvalue weighted by Gasteiger charge is -2.43. The van der Waals surface area contributed by atoms with Crippen LogP contribution in [0.15, 0.2) is 0 Å². The van der Waals surface area contributed by atoms with Crippen LogP contribution >= 0.6 is 0 Å². The summed E-state index contributed by atoms with van der Waals surface area (Å²) in [5, 5.41) is 0. The van der Waals surface area contributed by atoms with Gasteiger partial charge in [0.05, 0.1) is 0 Å². The highest BCUT2D eigenvalue weighted by atomic mass is 15.2. The zero-order valence-electron chi connectivity index (χ0n) is 14.4. The van der Waals surface area contributed by atoms with E-state index in [9.17, 15) is 0 Å². The molecule has 2 aliphatic rings. The van der Waals surface area contributed by atoms with Crippen molar-refractivity contribution >= 4 is 0 Å². The molecule has 3 unspecified atom stereocenters. The second-order valence-corrected chi connectivity index (χ2v) is 7.10. The fourth-order valence-electron chi connectivity index (χ4n) is 4.67. The Hall–Kier alpha value is -0.120. The van der Waals surface area contributed by atoms with Gasteiger partial charge in [0, 0.05) is 12.1 Å². The quantitative estimate of drug-likeness (QED) is 0.817. The molecule has 21 heavy (non-hydrogen) atoms. The van der Waals surface area contributed by atoms with Crippen LogP contribution in [0.1, 0.15) is 65.2 Å². The van der Waals surface area contributed by atoms with Crippen LogP contribution in [0, 0.1) is 5.92 Å². The van der Waals surface area contributed by atoms with E-state index >= 15 is 0 Å². The average Bonchev–Trinajstić information content (AvgIpc) is 2.75. The van der Waals surface area contributed by atoms with Crippen molar-refractivity contribution in [2.75, 3.05) is 32.7 Å². The molecule has 3 heteroatoms. The van der Waals surface area contributed by atoms with Gasteiger partial charge in [-0.05, 0) is 77.2 Å². The maximum absolute atomic E-state index is 6.07. The molecule has 0 aromatic rings. The van der Waals surface area contributed by atoms with Crippen molar-refractivity contribution in [1.82, 2.24) is 9.80 Å². The molecule has 1 aliphatic carbocycles. The van der Waals surface area contributed by atoms with Crippen molar-refractivity contribution in [3.05, 3.63) is 0 Å². The molecule has 0 amide bonds. The number of hydrogen-bond donors (Lipinski definition) is 1. The summed E-state index contributed by atoms with van der Waals surface area (Å²) in [6.45, 7) is 10.6. The molecule has 1 heterocycles. The molecule has 3 nitrogen and oxygen atoms in total. The normalized spacial score (nSPS) is 32.3. The summed E-state index contributed by atoms with van der Waals surface area (Å²) in [5.74, 6) is 0.744. The van der Waals surface area contributed by atoms with E-state index in [1.807, 2.05) is 0 Å². The van der Waals surface area contributed by atoms with E-state index in [-0.39, 0.29) is 0 Å². The summed E-state index contributed by atoms with van der Waals surface area (Å²) < 4.78 is 0. The molecule has 124 valence electrons. The average molecular weight is 296 g/mol. The molecular weight excluding hydrogens is 258 g/mol. The number of rotatable bonds is 6.